The van der Waals surface area contributed by atoms with E-state index in [1.54, 1.807) is 24.3 Å². The minimum atomic E-state index is -0.377. The highest BCUT2D eigenvalue weighted by molar-refractivity contribution is 6.30. The minimum Gasteiger partial charge on any atom is -0.342 e. The number of fused-ring (bicyclic) bond motifs is 1. The molecule has 1 atom stereocenters. The zero-order valence-corrected chi connectivity index (χ0v) is 19.3. The van der Waals surface area contributed by atoms with Crippen LogP contribution in [0.1, 0.15) is 61.3 Å². The third-order valence-electron chi connectivity index (χ3n) is 6.33. The van der Waals surface area contributed by atoms with Crippen LogP contribution in [0.4, 0.5) is 0 Å². The lowest BCUT2D eigenvalue weighted by Crippen LogP contribution is -2.40. The van der Waals surface area contributed by atoms with Crippen molar-refractivity contribution in [2.24, 2.45) is 0 Å². The number of aromatic nitrogens is 2. The molecule has 1 aliphatic carbocycles. The highest BCUT2D eigenvalue weighted by Gasteiger charge is 2.25. The number of amides is 2. The second-order valence-electron chi connectivity index (χ2n) is 8.54. The molecule has 4 rings (SSSR count). The Morgan fingerprint density at radius 1 is 1.12 bits per heavy atom. The summed E-state index contributed by atoms with van der Waals surface area (Å²) in [6.07, 6.45) is 5.73. The van der Waals surface area contributed by atoms with Crippen molar-refractivity contribution in [1.82, 2.24) is 19.8 Å². The molecule has 1 aliphatic rings. The van der Waals surface area contributed by atoms with Crippen LogP contribution in [0.15, 0.2) is 48.5 Å². The first-order chi connectivity index (χ1) is 15.4. The Morgan fingerprint density at radius 3 is 2.53 bits per heavy atom. The Morgan fingerprint density at radius 2 is 1.81 bits per heavy atom. The summed E-state index contributed by atoms with van der Waals surface area (Å²) in [5, 5.41) is 3.59. The average Bonchev–Trinajstić information content (AvgIpc) is 3.18. The van der Waals surface area contributed by atoms with Crippen LogP contribution in [-0.4, -0.2) is 39.4 Å². The average molecular weight is 453 g/mol. The monoisotopic (exact) mass is 452 g/mol. The van der Waals surface area contributed by atoms with Gasteiger partial charge in [-0.2, -0.15) is 0 Å². The van der Waals surface area contributed by atoms with Crippen molar-refractivity contribution in [3.8, 4) is 0 Å². The predicted octanol–water partition coefficient (Wildman–Crippen LogP) is 4.97. The van der Waals surface area contributed by atoms with E-state index >= 15 is 0 Å². The van der Waals surface area contributed by atoms with E-state index in [1.807, 2.05) is 47.7 Å². The zero-order valence-electron chi connectivity index (χ0n) is 18.6. The number of nitrogens with one attached hydrogen (secondary N) is 1. The van der Waals surface area contributed by atoms with E-state index in [0.29, 0.717) is 22.5 Å². The van der Waals surface area contributed by atoms with E-state index in [0.717, 1.165) is 23.9 Å². The van der Waals surface area contributed by atoms with Gasteiger partial charge < -0.3 is 14.8 Å². The zero-order chi connectivity index (χ0) is 22.7. The van der Waals surface area contributed by atoms with E-state index < -0.39 is 0 Å². The molecule has 1 aromatic heterocycles. The summed E-state index contributed by atoms with van der Waals surface area (Å²) < 4.78 is 1.93. The first-order valence-corrected chi connectivity index (χ1v) is 11.6. The molecule has 7 heteroatoms. The van der Waals surface area contributed by atoms with Gasteiger partial charge in [-0.15, -0.1) is 0 Å². The molecule has 6 nitrogen and oxygen atoms in total. The van der Waals surface area contributed by atoms with Crippen LogP contribution >= 0.6 is 11.6 Å². The van der Waals surface area contributed by atoms with Gasteiger partial charge in [0.1, 0.15) is 12.4 Å². The van der Waals surface area contributed by atoms with Gasteiger partial charge in [0.05, 0.1) is 17.1 Å². The maximum atomic E-state index is 13.2. The number of para-hydroxylation sites is 2. The summed E-state index contributed by atoms with van der Waals surface area (Å²) in [5.74, 6) is 0.523. The van der Waals surface area contributed by atoms with Crippen LogP contribution < -0.4 is 5.32 Å². The molecule has 1 unspecified atom stereocenters. The lowest BCUT2D eigenvalue weighted by molar-refractivity contribution is -0.133. The van der Waals surface area contributed by atoms with Crippen LogP contribution in [0, 0.1) is 0 Å². The molecule has 3 aromatic rings. The lowest BCUT2D eigenvalue weighted by Gasteiger charge is -2.31. The standard InChI is InChI=1S/C25H29ClN4O2/c1-17(27-25(32)18-12-14-19(26)15-13-18)24-28-21-10-6-7-11-22(21)30(24)16-23(31)29(2)20-8-4-3-5-9-20/h6-7,10-15,17,20H,3-5,8-9,16H2,1-2H3,(H,27,32). The Kier molecular flexibility index (Phi) is 6.80. The fourth-order valence-corrected chi connectivity index (χ4v) is 4.58. The Balaban J connectivity index is 1.57. The van der Waals surface area contributed by atoms with E-state index in [2.05, 4.69) is 5.32 Å². The van der Waals surface area contributed by atoms with Crippen LogP contribution in [0.25, 0.3) is 11.0 Å². The van der Waals surface area contributed by atoms with Crippen LogP contribution in [0.2, 0.25) is 5.02 Å². The topological polar surface area (TPSA) is 67.2 Å². The summed E-state index contributed by atoms with van der Waals surface area (Å²) in [4.78, 5) is 32.6. The molecule has 32 heavy (non-hydrogen) atoms. The summed E-state index contributed by atoms with van der Waals surface area (Å²) in [7, 11) is 1.91. The molecule has 0 radical (unpaired) electrons. The number of carbonyl (C=O) groups is 2. The summed E-state index contributed by atoms with van der Waals surface area (Å²) in [6, 6.07) is 14.5. The molecule has 1 fully saturated rings. The van der Waals surface area contributed by atoms with Gasteiger partial charge in [0.15, 0.2) is 0 Å². The van der Waals surface area contributed by atoms with Gasteiger partial charge in [-0.25, -0.2) is 4.98 Å². The number of hydrogen-bond donors (Lipinski definition) is 1. The molecule has 0 bridgehead atoms. The van der Waals surface area contributed by atoms with Crippen LogP contribution in [-0.2, 0) is 11.3 Å². The molecule has 1 heterocycles. The van der Waals surface area contributed by atoms with Crippen LogP contribution in [0.3, 0.4) is 0 Å². The minimum absolute atomic E-state index is 0.0672. The van der Waals surface area contributed by atoms with Crippen LogP contribution in [0.5, 0.6) is 0 Å². The molecular weight excluding hydrogens is 424 g/mol. The van der Waals surface area contributed by atoms with Crippen molar-refractivity contribution in [3.05, 3.63) is 64.9 Å². The number of halogens is 1. The second kappa shape index (κ2) is 9.74. The molecule has 2 amide bonds. The third-order valence-corrected chi connectivity index (χ3v) is 6.59. The molecule has 2 aromatic carbocycles. The van der Waals surface area contributed by atoms with E-state index in [9.17, 15) is 9.59 Å². The summed E-state index contributed by atoms with van der Waals surface area (Å²) >= 11 is 5.93. The molecular formula is C25H29ClN4O2. The van der Waals surface area contributed by atoms with Gasteiger partial charge in [0.2, 0.25) is 5.91 Å². The highest BCUT2D eigenvalue weighted by atomic mass is 35.5. The maximum Gasteiger partial charge on any atom is 0.251 e. The fraction of sp³-hybridized carbons (Fsp3) is 0.400. The first kappa shape index (κ1) is 22.3. The molecule has 168 valence electrons. The number of hydrogen-bond acceptors (Lipinski definition) is 3. The third kappa shape index (κ3) is 4.80. The number of likely N-dealkylation sites (N-methyl/N-ethyl adjacent to an activating group) is 1. The largest absolute Gasteiger partial charge is 0.342 e. The van der Waals surface area contributed by atoms with Gasteiger partial charge in [-0.1, -0.05) is 43.0 Å². The maximum absolute atomic E-state index is 13.2. The van der Waals surface area contributed by atoms with Gasteiger partial charge in [0.25, 0.3) is 5.91 Å². The molecule has 1 N–H and O–H groups in total. The van der Waals surface area contributed by atoms with E-state index in [-0.39, 0.29) is 24.4 Å². The SMILES string of the molecule is CC(NC(=O)c1ccc(Cl)cc1)c1nc2ccccc2n1CC(=O)N(C)C1CCCCC1. The Hall–Kier alpha value is -2.86. The van der Waals surface area contributed by atoms with Crippen molar-refractivity contribution in [3.63, 3.8) is 0 Å². The predicted molar refractivity (Wildman–Crippen MR) is 127 cm³/mol. The number of nitrogens with zero attached hydrogens (tertiary/aromatic N) is 3. The quantitative estimate of drug-likeness (QED) is 0.574. The van der Waals surface area contributed by atoms with Gasteiger partial charge in [0, 0.05) is 23.7 Å². The van der Waals surface area contributed by atoms with Crippen molar-refractivity contribution in [2.45, 2.75) is 57.7 Å². The molecule has 1 saturated carbocycles. The van der Waals surface area contributed by atoms with Crippen molar-refractivity contribution < 1.29 is 9.59 Å². The molecule has 0 saturated heterocycles. The van der Waals surface area contributed by atoms with Gasteiger partial charge in [-0.3, -0.25) is 9.59 Å². The van der Waals surface area contributed by atoms with Gasteiger partial charge >= 0.3 is 0 Å². The molecule has 0 aliphatic heterocycles. The number of rotatable bonds is 6. The smallest absolute Gasteiger partial charge is 0.251 e. The van der Waals surface area contributed by atoms with E-state index in [4.69, 9.17) is 16.6 Å². The van der Waals surface area contributed by atoms with Crippen molar-refractivity contribution in [1.29, 1.82) is 0 Å². The Labute approximate surface area is 193 Å². The van der Waals surface area contributed by atoms with Crippen molar-refractivity contribution in [2.75, 3.05) is 7.05 Å². The Bertz CT molecular complexity index is 1100. The van der Waals surface area contributed by atoms with E-state index in [1.165, 1.54) is 19.3 Å². The summed E-state index contributed by atoms with van der Waals surface area (Å²) in [6.45, 7) is 2.09. The van der Waals surface area contributed by atoms with Crippen molar-refractivity contribution >= 4 is 34.4 Å². The fourth-order valence-electron chi connectivity index (χ4n) is 4.46. The first-order valence-electron chi connectivity index (χ1n) is 11.2. The number of benzene rings is 2. The number of imidazole rings is 1. The summed E-state index contributed by atoms with van der Waals surface area (Å²) in [5.41, 5.74) is 2.22. The molecule has 0 spiro atoms. The normalized spacial score (nSPS) is 15.5. The lowest BCUT2D eigenvalue weighted by atomic mass is 9.94. The number of carbonyl (C=O) groups excluding carboxylic acids is 2. The second-order valence-corrected chi connectivity index (χ2v) is 8.98. The highest BCUT2D eigenvalue weighted by Crippen LogP contribution is 2.24. The van der Waals surface area contributed by atoms with Gasteiger partial charge in [-0.05, 0) is 56.2 Å².